The Kier molecular flexibility index (Phi) is 4.10. The van der Waals surface area contributed by atoms with Gasteiger partial charge >= 0.3 is 0 Å². The molecule has 2 aromatic rings. The van der Waals surface area contributed by atoms with Crippen LogP contribution in [0.3, 0.4) is 0 Å². The number of aliphatic hydroxyl groups is 1. The van der Waals surface area contributed by atoms with Crippen LogP contribution in [0.25, 0.3) is 0 Å². The van der Waals surface area contributed by atoms with Crippen LogP contribution in [0.5, 0.6) is 0 Å². The van der Waals surface area contributed by atoms with E-state index < -0.39 is 6.10 Å². The lowest BCUT2D eigenvalue weighted by molar-refractivity contribution is 0.178. The molecule has 0 aliphatic heterocycles. The van der Waals surface area contributed by atoms with Gasteiger partial charge in [0, 0.05) is 36.9 Å². The summed E-state index contributed by atoms with van der Waals surface area (Å²) in [7, 11) is 0. The van der Waals surface area contributed by atoms with Crippen molar-refractivity contribution >= 4 is 11.3 Å². The molecule has 0 spiro atoms. The summed E-state index contributed by atoms with van der Waals surface area (Å²) < 4.78 is 2.00. The third kappa shape index (κ3) is 3.16. The van der Waals surface area contributed by atoms with Gasteiger partial charge in [0.05, 0.1) is 6.33 Å². The van der Waals surface area contributed by atoms with E-state index in [1.165, 1.54) is 0 Å². The number of imidazole rings is 1. The van der Waals surface area contributed by atoms with E-state index >= 15 is 0 Å². The molecule has 1 unspecified atom stereocenters. The Balaban J connectivity index is 1.65. The Morgan fingerprint density at radius 2 is 2.50 bits per heavy atom. The molecule has 0 amide bonds. The van der Waals surface area contributed by atoms with Gasteiger partial charge in [0.2, 0.25) is 0 Å². The highest BCUT2D eigenvalue weighted by Gasteiger charge is 2.06. The molecule has 4 nitrogen and oxygen atoms in total. The lowest BCUT2D eigenvalue weighted by Crippen LogP contribution is -2.24. The normalized spacial score (nSPS) is 12.8. The highest BCUT2D eigenvalue weighted by Crippen LogP contribution is 2.17. The Morgan fingerprint density at radius 1 is 1.56 bits per heavy atom. The van der Waals surface area contributed by atoms with Crippen molar-refractivity contribution in [1.29, 1.82) is 0 Å². The third-order valence-electron chi connectivity index (χ3n) is 2.32. The predicted octanol–water partition coefficient (Wildman–Crippen LogP) is 1.27. The van der Waals surface area contributed by atoms with Crippen molar-refractivity contribution in [1.82, 2.24) is 14.9 Å². The van der Waals surface area contributed by atoms with Crippen LogP contribution in [0.4, 0.5) is 0 Å². The fourth-order valence-corrected chi connectivity index (χ4v) is 2.16. The molecular weight excluding hydrogens is 222 g/mol. The highest BCUT2D eigenvalue weighted by atomic mass is 32.1. The summed E-state index contributed by atoms with van der Waals surface area (Å²) in [6, 6.07) is 3.90. The minimum absolute atomic E-state index is 0.400. The van der Waals surface area contributed by atoms with Crippen LogP contribution in [-0.4, -0.2) is 27.7 Å². The zero-order valence-electron chi connectivity index (χ0n) is 8.91. The molecule has 2 aromatic heterocycles. The number of thiophene rings is 1. The number of rotatable bonds is 6. The molecule has 0 aromatic carbocycles. The number of hydrogen-bond acceptors (Lipinski definition) is 4. The third-order valence-corrected chi connectivity index (χ3v) is 3.29. The largest absolute Gasteiger partial charge is 0.386 e. The molecule has 0 aliphatic rings. The van der Waals surface area contributed by atoms with Gasteiger partial charge in [-0.25, -0.2) is 4.98 Å². The van der Waals surface area contributed by atoms with Crippen molar-refractivity contribution < 1.29 is 5.11 Å². The van der Waals surface area contributed by atoms with Crippen molar-refractivity contribution in [2.75, 3.05) is 13.1 Å². The van der Waals surface area contributed by atoms with E-state index in [-0.39, 0.29) is 0 Å². The number of nitrogens with zero attached hydrogens (tertiary/aromatic N) is 2. The summed E-state index contributed by atoms with van der Waals surface area (Å²) in [4.78, 5) is 4.97. The predicted molar refractivity (Wildman–Crippen MR) is 64.4 cm³/mol. The second-order valence-electron chi connectivity index (χ2n) is 3.54. The van der Waals surface area contributed by atoms with E-state index in [4.69, 9.17) is 0 Å². The first-order chi connectivity index (χ1) is 7.86. The molecule has 86 valence electrons. The Bertz CT molecular complexity index is 385. The molecule has 2 heterocycles. The zero-order chi connectivity index (χ0) is 11.2. The molecule has 0 radical (unpaired) electrons. The maximum absolute atomic E-state index is 9.80. The van der Waals surface area contributed by atoms with E-state index in [0.717, 1.165) is 18.0 Å². The Morgan fingerprint density at radius 3 is 3.19 bits per heavy atom. The van der Waals surface area contributed by atoms with Crippen LogP contribution in [-0.2, 0) is 6.54 Å². The molecular formula is C11H15N3OS. The number of hydrogen-bond donors (Lipinski definition) is 2. The van der Waals surface area contributed by atoms with Gasteiger partial charge in [0.1, 0.15) is 6.10 Å². The molecule has 0 saturated carbocycles. The van der Waals surface area contributed by atoms with E-state index in [1.54, 1.807) is 23.9 Å². The second-order valence-corrected chi connectivity index (χ2v) is 4.52. The number of nitrogens with one attached hydrogen (secondary N) is 1. The lowest BCUT2D eigenvalue weighted by Gasteiger charge is -2.10. The van der Waals surface area contributed by atoms with Gasteiger partial charge in [-0.1, -0.05) is 6.07 Å². The molecule has 0 aliphatic carbocycles. The lowest BCUT2D eigenvalue weighted by atomic mass is 10.3. The smallest absolute Gasteiger partial charge is 0.101 e. The minimum atomic E-state index is -0.400. The Labute approximate surface area is 98.6 Å². The standard InChI is InChI=1S/C11H15N3OS/c15-10(11-2-1-7-16-11)8-12-3-5-14-6-4-13-9-14/h1-2,4,6-7,9-10,12,15H,3,5,8H2. The Hall–Kier alpha value is -1.17. The molecule has 0 fully saturated rings. The average Bonchev–Trinajstić information content (AvgIpc) is 2.96. The van der Waals surface area contributed by atoms with Gasteiger partial charge in [0.25, 0.3) is 0 Å². The maximum atomic E-state index is 9.80. The first kappa shape index (κ1) is 11.3. The zero-order valence-corrected chi connectivity index (χ0v) is 9.73. The van der Waals surface area contributed by atoms with Crippen LogP contribution >= 0.6 is 11.3 Å². The molecule has 16 heavy (non-hydrogen) atoms. The van der Waals surface area contributed by atoms with Crippen molar-refractivity contribution in [2.45, 2.75) is 12.6 Å². The van der Waals surface area contributed by atoms with Crippen molar-refractivity contribution in [3.8, 4) is 0 Å². The van der Waals surface area contributed by atoms with Crippen LogP contribution in [0.1, 0.15) is 11.0 Å². The highest BCUT2D eigenvalue weighted by molar-refractivity contribution is 7.10. The summed E-state index contributed by atoms with van der Waals surface area (Å²) in [6.45, 7) is 2.30. The molecule has 2 N–H and O–H groups in total. The van der Waals surface area contributed by atoms with Gasteiger partial charge in [-0.15, -0.1) is 11.3 Å². The first-order valence-corrected chi connectivity index (χ1v) is 6.12. The summed E-state index contributed by atoms with van der Waals surface area (Å²) in [5.41, 5.74) is 0. The summed E-state index contributed by atoms with van der Waals surface area (Å²) in [6.07, 6.45) is 5.08. The summed E-state index contributed by atoms with van der Waals surface area (Å²) in [5.74, 6) is 0. The summed E-state index contributed by atoms with van der Waals surface area (Å²) >= 11 is 1.58. The van der Waals surface area contributed by atoms with Gasteiger partial charge in [-0.3, -0.25) is 0 Å². The minimum Gasteiger partial charge on any atom is -0.386 e. The topological polar surface area (TPSA) is 50.1 Å². The molecule has 0 saturated heterocycles. The molecule has 0 bridgehead atoms. The monoisotopic (exact) mass is 237 g/mol. The van der Waals surface area contributed by atoms with E-state index in [9.17, 15) is 5.11 Å². The SMILES string of the molecule is OC(CNCCn1ccnc1)c1cccs1. The van der Waals surface area contributed by atoms with Crippen LogP contribution in [0.2, 0.25) is 0 Å². The van der Waals surface area contributed by atoms with E-state index in [0.29, 0.717) is 6.54 Å². The molecule has 2 rings (SSSR count). The fraction of sp³-hybridized carbons (Fsp3) is 0.364. The van der Waals surface area contributed by atoms with Crippen molar-refractivity contribution in [2.24, 2.45) is 0 Å². The number of aromatic nitrogens is 2. The maximum Gasteiger partial charge on any atom is 0.101 e. The van der Waals surface area contributed by atoms with Crippen LogP contribution in [0, 0.1) is 0 Å². The average molecular weight is 237 g/mol. The van der Waals surface area contributed by atoms with E-state index in [1.807, 2.05) is 28.3 Å². The van der Waals surface area contributed by atoms with Crippen LogP contribution < -0.4 is 5.32 Å². The van der Waals surface area contributed by atoms with Crippen molar-refractivity contribution in [3.05, 3.63) is 41.1 Å². The summed E-state index contributed by atoms with van der Waals surface area (Å²) in [5, 5.41) is 15.0. The van der Waals surface area contributed by atoms with E-state index in [2.05, 4.69) is 10.3 Å². The quantitative estimate of drug-likeness (QED) is 0.744. The fourth-order valence-electron chi connectivity index (χ4n) is 1.45. The van der Waals surface area contributed by atoms with Gasteiger partial charge in [0.15, 0.2) is 0 Å². The first-order valence-electron chi connectivity index (χ1n) is 5.24. The number of aliphatic hydroxyl groups excluding tert-OH is 1. The molecule has 5 heteroatoms. The van der Waals surface area contributed by atoms with Crippen molar-refractivity contribution in [3.63, 3.8) is 0 Å². The van der Waals surface area contributed by atoms with Gasteiger partial charge < -0.3 is 15.0 Å². The second kappa shape index (κ2) is 5.79. The van der Waals surface area contributed by atoms with Gasteiger partial charge in [-0.2, -0.15) is 0 Å². The van der Waals surface area contributed by atoms with Crippen LogP contribution in [0.15, 0.2) is 36.2 Å². The van der Waals surface area contributed by atoms with Gasteiger partial charge in [-0.05, 0) is 11.4 Å². The molecule has 1 atom stereocenters.